The van der Waals surface area contributed by atoms with E-state index in [0.717, 1.165) is 10.8 Å². The molecule has 0 aliphatic heterocycles. The summed E-state index contributed by atoms with van der Waals surface area (Å²) in [5.74, 6) is -2.45. The van der Waals surface area contributed by atoms with Crippen LogP contribution in [0.4, 0.5) is 0 Å². The molecular formula is C40H33NO6S2. The van der Waals surface area contributed by atoms with Gasteiger partial charge in [-0.25, -0.2) is 21.6 Å². The Morgan fingerprint density at radius 1 is 0.551 bits per heavy atom. The van der Waals surface area contributed by atoms with Crippen LogP contribution in [0.15, 0.2) is 179 Å². The molecule has 0 aromatic heterocycles. The fraction of sp³-hybridized carbons (Fsp3) is 0.100. The van der Waals surface area contributed by atoms with Crippen LogP contribution < -0.4 is 0 Å². The molecule has 246 valence electrons. The topological polar surface area (TPSA) is 107 Å². The Hall–Kier alpha value is -5.38. The number of rotatable bonds is 11. The monoisotopic (exact) mass is 687 g/mol. The van der Waals surface area contributed by atoms with E-state index >= 15 is 0 Å². The Morgan fingerprint density at radius 3 is 1.45 bits per heavy atom. The van der Waals surface area contributed by atoms with E-state index in [4.69, 9.17) is 9.73 Å². The summed E-state index contributed by atoms with van der Waals surface area (Å²) < 4.78 is 62.7. The van der Waals surface area contributed by atoms with Crippen LogP contribution in [-0.2, 0) is 29.2 Å². The first-order chi connectivity index (χ1) is 23.7. The Bertz CT molecular complexity index is 2200. The molecule has 0 N–H and O–H groups in total. The van der Waals surface area contributed by atoms with Crippen molar-refractivity contribution in [1.29, 1.82) is 0 Å². The molecule has 0 aliphatic carbocycles. The van der Waals surface area contributed by atoms with Gasteiger partial charge in [-0.1, -0.05) is 140 Å². The number of nitrogens with zero attached hydrogens (tertiary/aromatic N) is 1. The third-order valence-electron chi connectivity index (χ3n) is 8.35. The lowest BCUT2D eigenvalue weighted by atomic mass is 9.90. The van der Waals surface area contributed by atoms with Crippen molar-refractivity contribution in [3.63, 3.8) is 0 Å². The van der Waals surface area contributed by atoms with Crippen LogP contribution in [0.3, 0.4) is 0 Å². The maximum atomic E-state index is 14.9. The number of hydrogen-bond acceptors (Lipinski definition) is 7. The molecule has 0 spiro atoms. The number of carbonyl (C=O) groups excluding carboxylic acids is 1. The molecule has 0 saturated carbocycles. The second kappa shape index (κ2) is 14.4. The van der Waals surface area contributed by atoms with Gasteiger partial charge >= 0.3 is 5.97 Å². The second-order valence-electron chi connectivity index (χ2n) is 11.4. The maximum absolute atomic E-state index is 14.9. The molecule has 6 aromatic carbocycles. The van der Waals surface area contributed by atoms with Crippen LogP contribution in [0.5, 0.6) is 0 Å². The van der Waals surface area contributed by atoms with Gasteiger partial charge in [-0.05, 0) is 40.6 Å². The molecule has 7 nitrogen and oxygen atoms in total. The molecule has 0 unspecified atom stereocenters. The van der Waals surface area contributed by atoms with Crippen molar-refractivity contribution in [1.82, 2.24) is 0 Å². The molecule has 0 fully saturated rings. The van der Waals surface area contributed by atoms with Crippen LogP contribution in [0.2, 0.25) is 0 Å². The van der Waals surface area contributed by atoms with Gasteiger partial charge in [0.15, 0.2) is 30.3 Å². The third-order valence-corrected chi connectivity index (χ3v) is 13.5. The van der Waals surface area contributed by atoms with Crippen molar-refractivity contribution in [3.8, 4) is 0 Å². The standard InChI is InChI=1S/C40H33NO6S2/c1-47-39(42)38(41-37(30-17-6-2-7-18-30)31-19-8-3-9-20-31)36(33-27-26-29-16-14-15-21-32(29)28-33)40(48(43,44)34-22-10-4-11-23-34)49(45,46)35-24-12-5-13-25-35/h2-28,36,38,40H,1H3/t36-,38+/m1/s1. The quantitative estimate of drug-likeness (QED) is 0.105. The molecule has 0 heterocycles. The number of aliphatic imine (C=N–C) groups is 1. The van der Waals surface area contributed by atoms with Crippen molar-refractivity contribution in [2.75, 3.05) is 7.11 Å². The van der Waals surface area contributed by atoms with Gasteiger partial charge in [0.05, 0.1) is 22.6 Å². The van der Waals surface area contributed by atoms with Crippen LogP contribution in [-0.4, -0.2) is 46.3 Å². The summed E-state index contributed by atoms with van der Waals surface area (Å²) in [6.07, 6.45) is 0. The number of carbonyl (C=O) groups is 1. The first-order valence-electron chi connectivity index (χ1n) is 15.5. The highest BCUT2D eigenvalue weighted by molar-refractivity contribution is 8.09. The minimum absolute atomic E-state index is 0.204. The van der Waals surface area contributed by atoms with Crippen molar-refractivity contribution in [3.05, 3.63) is 180 Å². The summed E-state index contributed by atoms with van der Waals surface area (Å²) >= 11 is 0. The van der Waals surface area contributed by atoms with E-state index in [0.29, 0.717) is 22.4 Å². The van der Waals surface area contributed by atoms with Gasteiger partial charge in [-0.3, -0.25) is 4.99 Å². The summed E-state index contributed by atoms with van der Waals surface area (Å²) in [5.41, 5.74) is 1.96. The summed E-state index contributed by atoms with van der Waals surface area (Å²) in [6.45, 7) is 0. The lowest BCUT2D eigenvalue weighted by Gasteiger charge is -2.31. The van der Waals surface area contributed by atoms with Gasteiger partial charge in [-0.2, -0.15) is 0 Å². The number of hydrogen-bond donors (Lipinski definition) is 0. The molecule has 0 radical (unpaired) electrons. The zero-order chi connectivity index (χ0) is 34.4. The number of ether oxygens (including phenoxy) is 1. The second-order valence-corrected chi connectivity index (χ2v) is 15.8. The number of esters is 1. The number of benzene rings is 6. The van der Waals surface area contributed by atoms with Crippen molar-refractivity contribution >= 4 is 42.1 Å². The summed E-state index contributed by atoms with van der Waals surface area (Å²) in [5, 5.41) is 1.59. The SMILES string of the molecule is COC(=O)[C@@H](N=C(c1ccccc1)c1ccccc1)[C@@H](c1ccc2ccccc2c1)C(S(=O)(=O)c1ccccc1)S(=O)(=O)c1ccccc1. The fourth-order valence-electron chi connectivity index (χ4n) is 5.99. The largest absolute Gasteiger partial charge is 0.467 e. The van der Waals surface area contributed by atoms with Crippen LogP contribution >= 0.6 is 0 Å². The van der Waals surface area contributed by atoms with E-state index in [1.54, 1.807) is 30.3 Å². The average Bonchev–Trinajstić information content (AvgIpc) is 3.15. The lowest BCUT2D eigenvalue weighted by Crippen LogP contribution is -2.44. The number of fused-ring (bicyclic) bond motifs is 1. The Morgan fingerprint density at radius 2 is 0.980 bits per heavy atom. The molecule has 0 bridgehead atoms. The van der Waals surface area contributed by atoms with Crippen LogP contribution in [0, 0.1) is 0 Å². The number of methoxy groups -OCH3 is 1. The highest BCUT2D eigenvalue weighted by atomic mass is 32.3. The van der Waals surface area contributed by atoms with Crippen LogP contribution in [0.25, 0.3) is 10.8 Å². The van der Waals surface area contributed by atoms with E-state index in [2.05, 4.69) is 0 Å². The van der Waals surface area contributed by atoms with Gasteiger partial charge < -0.3 is 4.74 Å². The predicted octanol–water partition coefficient (Wildman–Crippen LogP) is 7.28. The highest BCUT2D eigenvalue weighted by Crippen LogP contribution is 2.41. The van der Waals surface area contributed by atoms with Gasteiger partial charge in [-0.15, -0.1) is 0 Å². The van der Waals surface area contributed by atoms with E-state index in [9.17, 15) is 21.6 Å². The van der Waals surface area contributed by atoms with Gasteiger partial charge in [0, 0.05) is 17.0 Å². The van der Waals surface area contributed by atoms with E-state index < -0.39 is 42.2 Å². The molecule has 49 heavy (non-hydrogen) atoms. The van der Waals surface area contributed by atoms with Crippen molar-refractivity contribution < 1.29 is 26.4 Å². The minimum Gasteiger partial charge on any atom is -0.467 e. The molecule has 0 saturated heterocycles. The first kappa shape index (κ1) is 33.5. The van der Waals surface area contributed by atoms with Crippen molar-refractivity contribution in [2.24, 2.45) is 4.99 Å². The summed E-state index contributed by atoms with van der Waals surface area (Å²) in [7, 11) is -8.27. The molecule has 0 aliphatic rings. The summed E-state index contributed by atoms with van der Waals surface area (Å²) in [6, 6.07) is 44.1. The van der Waals surface area contributed by atoms with Crippen LogP contribution in [0.1, 0.15) is 22.6 Å². The maximum Gasteiger partial charge on any atom is 0.331 e. The lowest BCUT2D eigenvalue weighted by molar-refractivity contribution is -0.142. The van der Waals surface area contributed by atoms with E-state index in [1.165, 1.54) is 55.6 Å². The molecule has 6 aromatic rings. The zero-order valence-corrected chi connectivity index (χ0v) is 28.2. The van der Waals surface area contributed by atoms with Gasteiger partial charge in [0.2, 0.25) is 0 Å². The van der Waals surface area contributed by atoms with Gasteiger partial charge in [0.1, 0.15) is 0 Å². The van der Waals surface area contributed by atoms with Gasteiger partial charge in [0.25, 0.3) is 0 Å². The normalized spacial score (nSPS) is 13.0. The Balaban J connectivity index is 1.72. The molecule has 9 heteroatoms. The molecule has 6 rings (SSSR count). The minimum atomic E-state index is -4.72. The fourth-order valence-corrected chi connectivity index (χ4v) is 11.0. The molecule has 2 atom stereocenters. The Labute approximate surface area is 286 Å². The molecule has 0 amide bonds. The zero-order valence-electron chi connectivity index (χ0n) is 26.5. The first-order valence-corrected chi connectivity index (χ1v) is 18.6. The predicted molar refractivity (Wildman–Crippen MR) is 192 cm³/mol. The number of sulfone groups is 2. The third kappa shape index (κ3) is 6.95. The Kier molecular flexibility index (Phi) is 9.85. The smallest absolute Gasteiger partial charge is 0.331 e. The summed E-state index contributed by atoms with van der Waals surface area (Å²) in [4.78, 5) is 18.7. The van der Waals surface area contributed by atoms with Crippen molar-refractivity contribution in [2.45, 2.75) is 26.3 Å². The molecular weight excluding hydrogens is 655 g/mol. The van der Waals surface area contributed by atoms with E-state index in [-0.39, 0.29) is 9.79 Å². The highest BCUT2D eigenvalue weighted by Gasteiger charge is 2.51. The average molecular weight is 688 g/mol. The van der Waals surface area contributed by atoms with E-state index in [1.807, 2.05) is 84.9 Å².